The van der Waals surface area contributed by atoms with Crippen LogP contribution in [0.2, 0.25) is 0 Å². The van der Waals surface area contributed by atoms with Crippen LogP contribution in [0.25, 0.3) is 0 Å². The van der Waals surface area contributed by atoms with Gasteiger partial charge in [0.05, 0.1) is 6.42 Å². The van der Waals surface area contributed by atoms with Crippen molar-refractivity contribution >= 4 is 5.97 Å². The highest BCUT2D eigenvalue weighted by molar-refractivity contribution is 5.67. The van der Waals surface area contributed by atoms with E-state index in [2.05, 4.69) is 0 Å². The van der Waals surface area contributed by atoms with Gasteiger partial charge in [0.25, 0.3) is 0 Å². The first-order valence-electron chi connectivity index (χ1n) is 5.18. The Morgan fingerprint density at radius 3 is 2.69 bits per heavy atom. The molecule has 0 spiro atoms. The summed E-state index contributed by atoms with van der Waals surface area (Å²) in [5.74, 6) is -1.63. The molecule has 0 aliphatic carbocycles. The molecule has 0 saturated carbocycles. The van der Waals surface area contributed by atoms with Gasteiger partial charge in [0.15, 0.2) is 12.1 Å². The number of carboxylic acid groups (broad SMARTS) is 1. The molecule has 0 aromatic rings. The number of carbonyl (C=O) groups is 1. The molecule has 2 saturated heterocycles. The molecule has 4 atom stereocenters. The Morgan fingerprint density at radius 1 is 1.44 bits per heavy atom. The van der Waals surface area contributed by atoms with Crippen molar-refractivity contribution in [1.29, 1.82) is 0 Å². The first kappa shape index (κ1) is 11.8. The van der Waals surface area contributed by atoms with Crippen LogP contribution in [-0.4, -0.2) is 48.6 Å². The molecule has 0 radical (unpaired) electrons. The number of hydrogen-bond donors (Lipinski definition) is 1. The fourth-order valence-electron chi connectivity index (χ4n) is 2.17. The molecule has 6 nitrogen and oxygen atoms in total. The summed E-state index contributed by atoms with van der Waals surface area (Å²) in [6.45, 7) is 3.57. The second-order valence-electron chi connectivity index (χ2n) is 4.44. The van der Waals surface area contributed by atoms with Crippen LogP contribution in [0.15, 0.2) is 0 Å². The van der Waals surface area contributed by atoms with Gasteiger partial charge in [-0.1, -0.05) is 0 Å². The maximum absolute atomic E-state index is 10.6. The summed E-state index contributed by atoms with van der Waals surface area (Å²) in [7, 11) is 1.51. The van der Waals surface area contributed by atoms with Gasteiger partial charge in [-0.3, -0.25) is 4.79 Å². The van der Waals surface area contributed by atoms with E-state index in [4.69, 9.17) is 24.1 Å². The lowest BCUT2D eigenvalue weighted by atomic mass is 10.1. The van der Waals surface area contributed by atoms with Crippen molar-refractivity contribution in [2.24, 2.45) is 0 Å². The van der Waals surface area contributed by atoms with E-state index in [1.54, 1.807) is 13.8 Å². The number of hydrogen-bond acceptors (Lipinski definition) is 5. The number of methoxy groups -OCH3 is 1. The number of rotatable bonds is 3. The summed E-state index contributed by atoms with van der Waals surface area (Å²) in [5.41, 5.74) is 0. The zero-order chi connectivity index (χ0) is 11.9. The highest BCUT2D eigenvalue weighted by atomic mass is 16.8. The van der Waals surface area contributed by atoms with Gasteiger partial charge in [0.1, 0.15) is 18.3 Å². The molecule has 1 N–H and O–H groups in total. The molecule has 2 rings (SSSR count). The Hall–Kier alpha value is -0.690. The summed E-state index contributed by atoms with van der Waals surface area (Å²) in [5, 5.41) is 8.74. The molecular formula is C10H16O6. The summed E-state index contributed by atoms with van der Waals surface area (Å²) < 4.78 is 21.8. The highest BCUT2D eigenvalue weighted by Gasteiger charge is 2.55. The maximum atomic E-state index is 10.6. The van der Waals surface area contributed by atoms with Crippen molar-refractivity contribution < 1.29 is 28.8 Å². The average molecular weight is 232 g/mol. The third kappa shape index (κ3) is 2.06. The molecule has 2 heterocycles. The molecule has 2 aliphatic heterocycles. The molecule has 2 aliphatic rings. The van der Waals surface area contributed by atoms with E-state index >= 15 is 0 Å². The van der Waals surface area contributed by atoms with Gasteiger partial charge in [-0.15, -0.1) is 0 Å². The zero-order valence-corrected chi connectivity index (χ0v) is 9.50. The van der Waals surface area contributed by atoms with Crippen LogP contribution in [0.1, 0.15) is 20.3 Å². The van der Waals surface area contributed by atoms with Crippen LogP contribution in [0.4, 0.5) is 0 Å². The summed E-state index contributed by atoms with van der Waals surface area (Å²) in [6.07, 6.45) is -1.93. The Labute approximate surface area is 93.4 Å². The van der Waals surface area contributed by atoms with E-state index in [-0.39, 0.29) is 12.5 Å². The van der Waals surface area contributed by atoms with Gasteiger partial charge in [-0.25, -0.2) is 0 Å². The minimum Gasteiger partial charge on any atom is -0.481 e. The summed E-state index contributed by atoms with van der Waals surface area (Å²) >= 11 is 0. The second-order valence-corrected chi connectivity index (χ2v) is 4.44. The number of ether oxygens (including phenoxy) is 4. The Balaban J connectivity index is 2.06. The first-order valence-corrected chi connectivity index (χ1v) is 5.18. The maximum Gasteiger partial charge on any atom is 0.306 e. The fraction of sp³-hybridized carbons (Fsp3) is 0.900. The largest absolute Gasteiger partial charge is 0.481 e. The first-order chi connectivity index (χ1) is 7.43. The van der Waals surface area contributed by atoms with Crippen LogP contribution < -0.4 is 0 Å². The molecule has 92 valence electrons. The van der Waals surface area contributed by atoms with Crippen LogP contribution in [-0.2, 0) is 23.7 Å². The van der Waals surface area contributed by atoms with Crippen molar-refractivity contribution in [3.63, 3.8) is 0 Å². The van der Waals surface area contributed by atoms with Crippen LogP contribution in [0.3, 0.4) is 0 Å². The monoisotopic (exact) mass is 232 g/mol. The lowest BCUT2D eigenvalue weighted by Gasteiger charge is -2.23. The molecule has 6 heteroatoms. The van der Waals surface area contributed by atoms with Gasteiger partial charge in [-0.05, 0) is 13.8 Å². The van der Waals surface area contributed by atoms with Gasteiger partial charge >= 0.3 is 5.97 Å². The van der Waals surface area contributed by atoms with Crippen molar-refractivity contribution in [3.8, 4) is 0 Å². The van der Waals surface area contributed by atoms with E-state index in [1.807, 2.05) is 0 Å². The summed E-state index contributed by atoms with van der Waals surface area (Å²) in [6, 6.07) is 0. The number of fused-ring (bicyclic) bond motifs is 1. The van der Waals surface area contributed by atoms with E-state index in [1.165, 1.54) is 7.11 Å². The Kier molecular flexibility index (Phi) is 2.91. The standard InChI is InChI=1S/C10H16O6/c1-10(2)15-8-7(13-3)5(4-6(11)12)14-9(8)16-10/h5,7-9H,4H2,1-3H3,(H,11,12)/t5-,7+,8-,9-/m0/s1. The Morgan fingerprint density at radius 2 is 2.12 bits per heavy atom. The molecule has 0 amide bonds. The van der Waals surface area contributed by atoms with Gasteiger partial charge < -0.3 is 24.1 Å². The SMILES string of the molecule is CO[C@H]1[C@@H]2OC(C)(C)O[C@@H]2O[C@H]1CC(=O)O. The molecule has 0 aromatic carbocycles. The summed E-state index contributed by atoms with van der Waals surface area (Å²) in [4.78, 5) is 10.6. The predicted octanol–water partition coefficient (Wildman–Crippen LogP) is 0.352. The van der Waals surface area contributed by atoms with Crippen LogP contribution in [0, 0.1) is 0 Å². The van der Waals surface area contributed by atoms with Gasteiger partial charge in [-0.2, -0.15) is 0 Å². The molecule has 0 unspecified atom stereocenters. The zero-order valence-electron chi connectivity index (χ0n) is 9.50. The fourth-order valence-corrected chi connectivity index (χ4v) is 2.17. The lowest BCUT2D eigenvalue weighted by Crippen LogP contribution is -2.37. The van der Waals surface area contributed by atoms with Crippen LogP contribution >= 0.6 is 0 Å². The normalized spacial score (nSPS) is 40.9. The third-order valence-electron chi connectivity index (χ3n) is 2.74. The molecular weight excluding hydrogens is 216 g/mol. The van der Waals surface area contributed by atoms with Gasteiger partial charge in [0, 0.05) is 7.11 Å². The van der Waals surface area contributed by atoms with E-state index in [0.717, 1.165) is 0 Å². The van der Waals surface area contributed by atoms with Crippen molar-refractivity contribution in [2.75, 3.05) is 7.11 Å². The highest BCUT2D eigenvalue weighted by Crippen LogP contribution is 2.39. The van der Waals surface area contributed by atoms with Gasteiger partial charge in [0.2, 0.25) is 0 Å². The quantitative estimate of drug-likeness (QED) is 0.757. The van der Waals surface area contributed by atoms with Crippen LogP contribution in [0.5, 0.6) is 0 Å². The minimum absolute atomic E-state index is 0.112. The predicted molar refractivity (Wildman–Crippen MR) is 51.7 cm³/mol. The van der Waals surface area contributed by atoms with E-state index in [9.17, 15) is 4.79 Å². The smallest absolute Gasteiger partial charge is 0.306 e. The molecule has 0 aromatic heterocycles. The average Bonchev–Trinajstić information content (AvgIpc) is 2.54. The molecule has 0 bridgehead atoms. The number of aliphatic carboxylic acids is 1. The van der Waals surface area contributed by atoms with Crippen molar-refractivity contribution in [3.05, 3.63) is 0 Å². The van der Waals surface area contributed by atoms with E-state index in [0.29, 0.717) is 0 Å². The third-order valence-corrected chi connectivity index (χ3v) is 2.74. The number of carboxylic acids is 1. The van der Waals surface area contributed by atoms with Crippen molar-refractivity contribution in [2.45, 2.75) is 50.7 Å². The van der Waals surface area contributed by atoms with Crippen molar-refractivity contribution in [1.82, 2.24) is 0 Å². The topological polar surface area (TPSA) is 74.2 Å². The minimum atomic E-state index is -0.925. The molecule has 2 fully saturated rings. The second kappa shape index (κ2) is 3.96. The Bertz CT molecular complexity index is 289. The lowest BCUT2D eigenvalue weighted by molar-refractivity contribution is -0.217. The molecule has 16 heavy (non-hydrogen) atoms. The van der Waals surface area contributed by atoms with E-state index < -0.39 is 30.3 Å².